The van der Waals surface area contributed by atoms with E-state index in [1.807, 2.05) is 0 Å². The van der Waals surface area contributed by atoms with Gasteiger partial charge in [-0.25, -0.2) is 12.7 Å². The number of rotatable bonds is 6. The van der Waals surface area contributed by atoms with Gasteiger partial charge in [0.1, 0.15) is 10.6 Å². The predicted octanol–water partition coefficient (Wildman–Crippen LogP) is 0.669. The van der Waals surface area contributed by atoms with Crippen molar-refractivity contribution < 1.29 is 18.3 Å². The fraction of sp³-hybridized carbons (Fsp3) is 0.500. The molecule has 0 saturated carbocycles. The first-order valence-corrected chi connectivity index (χ1v) is 7.31. The number of ether oxygens (including phenoxy) is 1. The van der Waals surface area contributed by atoms with Crippen LogP contribution in [0.1, 0.15) is 13.3 Å². The number of nitrogen functional groups attached to an aromatic ring is 1. The van der Waals surface area contributed by atoms with E-state index >= 15 is 0 Å². The van der Waals surface area contributed by atoms with Crippen LogP contribution in [-0.2, 0) is 10.0 Å². The zero-order valence-corrected chi connectivity index (χ0v) is 12.1. The van der Waals surface area contributed by atoms with E-state index in [-0.39, 0.29) is 17.2 Å². The van der Waals surface area contributed by atoms with Gasteiger partial charge in [0.15, 0.2) is 0 Å². The second-order valence-electron chi connectivity index (χ2n) is 4.37. The summed E-state index contributed by atoms with van der Waals surface area (Å²) in [6, 6.07) is 4.46. The van der Waals surface area contributed by atoms with E-state index in [1.54, 1.807) is 13.0 Å². The molecular formula is C12H20N2O4S. The largest absolute Gasteiger partial charge is 0.495 e. The van der Waals surface area contributed by atoms with Crippen molar-refractivity contribution in [2.75, 3.05) is 26.4 Å². The Morgan fingerprint density at radius 3 is 2.63 bits per heavy atom. The van der Waals surface area contributed by atoms with Gasteiger partial charge >= 0.3 is 0 Å². The number of sulfonamides is 1. The first-order chi connectivity index (χ1) is 8.78. The number of aliphatic hydroxyl groups is 1. The summed E-state index contributed by atoms with van der Waals surface area (Å²) in [5.41, 5.74) is 5.97. The van der Waals surface area contributed by atoms with E-state index in [2.05, 4.69) is 0 Å². The average molecular weight is 288 g/mol. The molecule has 19 heavy (non-hydrogen) atoms. The lowest BCUT2D eigenvalue weighted by molar-refractivity contribution is 0.177. The van der Waals surface area contributed by atoms with Gasteiger partial charge in [-0.15, -0.1) is 0 Å². The fourth-order valence-electron chi connectivity index (χ4n) is 1.55. The summed E-state index contributed by atoms with van der Waals surface area (Å²) in [7, 11) is -0.821. The third kappa shape index (κ3) is 3.82. The molecule has 7 heteroatoms. The highest BCUT2D eigenvalue weighted by molar-refractivity contribution is 7.89. The number of hydrogen-bond donors (Lipinski definition) is 2. The zero-order valence-electron chi connectivity index (χ0n) is 11.3. The maximum Gasteiger partial charge on any atom is 0.246 e. The number of nitrogens with two attached hydrogens (primary N) is 1. The summed E-state index contributed by atoms with van der Waals surface area (Å²) >= 11 is 0. The Balaban J connectivity index is 3.09. The highest BCUT2D eigenvalue weighted by Gasteiger charge is 2.25. The SMILES string of the molecule is COc1ccc(N)cc1S(=O)(=O)N(C)CCC(C)O. The number of hydrogen-bond acceptors (Lipinski definition) is 5. The van der Waals surface area contributed by atoms with Crippen molar-refractivity contribution in [3.63, 3.8) is 0 Å². The fourth-order valence-corrected chi connectivity index (χ4v) is 2.92. The van der Waals surface area contributed by atoms with Crippen molar-refractivity contribution in [1.82, 2.24) is 4.31 Å². The Hall–Kier alpha value is -1.31. The molecule has 1 rings (SSSR count). The van der Waals surface area contributed by atoms with Crippen molar-refractivity contribution in [2.45, 2.75) is 24.3 Å². The Morgan fingerprint density at radius 1 is 1.47 bits per heavy atom. The van der Waals surface area contributed by atoms with Gasteiger partial charge in [-0.3, -0.25) is 0 Å². The molecule has 0 heterocycles. The molecule has 1 unspecified atom stereocenters. The van der Waals surface area contributed by atoms with E-state index in [1.165, 1.54) is 30.6 Å². The molecular weight excluding hydrogens is 268 g/mol. The number of aliphatic hydroxyl groups excluding tert-OH is 1. The molecule has 108 valence electrons. The van der Waals surface area contributed by atoms with Crippen LogP contribution in [-0.4, -0.2) is 44.6 Å². The smallest absolute Gasteiger partial charge is 0.246 e. The first-order valence-electron chi connectivity index (χ1n) is 5.87. The minimum absolute atomic E-state index is 0.0306. The molecule has 1 aromatic carbocycles. The number of nitrogens with zero attached hydrogens (tertiary/aromatic N) is 1. The Kier molecular flexibility index (Phi) is 5.16. The lowest BCUT2D eigenvalue weighted by Crippen LogP contribution is -2.30. The van der Waals surface area contributed by atoms with Crippen LogP contribution in [0, 0.1) is 0 Å². The van der Waals surface area contributed by atoms with Crippen molar-refractivity contribution in [1.29, 1.82) is 0 Å². The summed E-state index contributed by atoms with van der Waals surface area (Å²) in [5, 5.41) is 9.22. The summed E-state index contributed by atoms with van der Waals surface area (Å²) in [6.45, 7) is 1.83. The van der Waals surface area contributed by atoms with Crippen molar-refractivity contribution in [2.24, 2.45) is 0 Å². The second kappa shape index (κ2) is 6.23. The molecule has 3 N–H and O–H groups in total. The van der Waals surface area contributed by atoms with E-state index in [0.29, 0.717) is 12.1 Å². The van der Waals surface area contributed by atoms with Gasteiger partial charge in [0.2, 0.25) is 10.0 Å². The Morgan fingerprint density at radius 2 is 2.11 bits per heavy atom. The lowest BCUT2D eigenvalue weighted by atomic mass is 10.3. The monoisotopic (exact) mass is 288 g/mol. The highest BCUT2D eigenvalue weighted by atomic mass is 32.2. The van der Waals surface area contributed by atoms with Crippen LogP contribution in [0.2, 0.25) is 0 Å². The minimum Gasteiger partial charge on any atom is -0.495 e. The maximum absolute atomic E-state index is 12.4. The van der Waals surface area contributed by atoms with E-state index in [4.69, 9.17) is 10.5 Å². The minimum atomic E-state index is -3.68. The van der Waals surface area contributed by atoms with E-state index in [0.717, 1.165) is 0 Å². The number of methoxy groups -OCH3 is 1. The van der Waals surface area contributed by atoms with Crippen LogP contribution in [0.5, 0.6) is 5.75 Å². The molecule has 0 amide bonds. The molecule has 0 aromatic heterocycles. The Labute approximate surface area is 113 Å². The predicted molar refractivity (Wildman–Crippen MR) is 73.5 cm³/mol. The number of anilines is 1. The Bertz CT molecular complexity index is 529. The van der Waals surface area contributed by atoms with Gasteiger partial charge in [0, 0.05) is 19.3 Å². The normalized spacial score (nSPS) is 13.5. The van der Waals surface area contributed by atoms with Crippen LogP contribution >= 0.6 is 0 Å². The quantitative estimate of drug-likeness (QED) is 0.750. The molecule has 0 aliphatic carbocycles. The zero-order chi connectivity index (χ0) is 14.6. The molecule has 0 radical (unpaired) electrons. The van der Waals surface area contributed by atoms with Gasteiger partial charge in [-0.2, -0.15) is 0 Å². The lowest BCUT2D eigenvalue weighted by Gasteiger charge is -2.19. The summed E-state index contributed by atoms with van der Waals surface area (Å²) < 4.78 is 31.0. The van der Waals surface area contributed by atoms with E-state index < -0.39 is 16.1 Å². The van der Waals surface area contributed by atoms with Crippen molar-refractivity contribution in [3.05, 3.63) is 18.2 Å². The number of benzene rings is 1. The second-order valence-corrected chi connectivity index (χ2v) is 6.39. The van der Waals surface area contributed by atoms with E-state index in [9.17, 15) is 13.5 Å². The molecule has 0 aliphatic heterocycles. The van der Waals surface area contributed by atoms with Gasteiger partial charge in [-0.05, 0) is 31.5 Å². The third-order valence-electron chi connectivity index (χ3n) is 2.74. The van der Waals surface area contributed by atoms with Gasteiger partial charge < -0.3 is 15.6 Å². The van der Waals surface area contributed by atoms with Crippen LogP contribution in [0.15, 0.2) is 23.1 Å². The maximum atomic E-state index is 12.4. The first kappa shape index (κ1) is 15.7. The summed E-state index contributed by atoms with van der Waals surface area (Å²) in [6.07, 6.45) is -0.194. The molecule has 1 aromatic rings. The summed E-state index contributed by atoms with van der Waals surface area (Å²) in [4.78, 5) is 0.0306. The highest BCUT2D eigenvalue weighted by Crippen LogP contribution is 2.28. The van der Waals surface area contributed by atoms with Crippen LogP contribution < -0.4 is 10.5 Å². The topological polar surface area (TPSA) is 92.9 Å². The molecule has 0 bridgehead atoms. The van der Waals surface area contributed by atoms with Crippen LogP contribution in [0.4, 0.5) is 5.69 Å². The van der Waals surface area contributed by atoms with Gasteiger partial charge in [-0.1, -0.05) is 0 Å². The van der Waals surface area contributed by atoms with Gasteiger partial charge in [0.25, 0.3) is 0 Å². The molecule has 1 atom stereocenters. The van der Waals surface area contributed by atoms with Crippen LogP contribution in [0.25, 0.3) is 0 Å². The molecule has 0 saturated heterocycles. The molecule has 0 aliphatic rings. The van der Waals surface area contributed by atoms with Crippen molar-refractivity contribution >= 4 is 15.7 Å². The van der Waals surface area contributed by atoms with Gasteiger partial charge in [0.05, 0.1) is 13.2 Å². The van der Waals surface area contributed by atoms with Crippen LogP contribution in [0.3, 0.4) is 0 Å². The molecule has 6 nitrogen and oxygen atoms in total. The third-order valence-corrected chi connectivity index (χ3v) is 4.62. The molecule has 0 spiro atoms. The summed E-state index contributed by atoms with van der Waals surface area (Å²) in [5.74, 6) is 0.248. The average Bonchev–Trinajstić information content (AvgIpc) is 2.35. The van der Waals surface area contributed by atoms with Crippen molar-refractivity contribution in [3.8, 4) is 5.75 Å². The standard InChI is InChI=1S/C12H20N2O4S/c1-9(15)6-7-14(2)19(16,17)12-8-10(13)4-5-11(12)18-3/h4-5,8-9,15H,6-7,13H2,1-3H3. The molecule has 0 fully saturated rings.